The van der Waals surface area contributed by atoms with Crippen molar-refractivity contribution < 1.29 is 19.1 Å². The van der Waals surface area contributed by atoms with E-state index in [4.69, 9.17) is 9.47 Å². The summed E-state index contributed by atoms with van der Waals surface area (Å²) in [6.45, 7) is 5.84. The topological polar surface area (TPSA) is 71.1 Å². The van der Waals surface area contributed by atoms with Crippen LogP contribution in [0.4, 0.5) is 0 Å². The highest BCUT2D eigenvalue weighted by Gasteiger charge is 2.32. The van der Waals surface area contributed by atoms with Crippen LogP contribution >= 0.6 is 0 Å². The van der Waals surface area contributed by atoms with Gasteiger partial charge in [-0.15, -0.1) is 0 Å². The van der Waals surface area contributed by atoms with Gasteiger partial charge in [-0.3, -0.25) is 9.59 Å². The standard InChI is InChI=1S/C21H31N3O4/c1-16-20(22-10-15-28-16)21(26)24-12-3-11-23(13-14-24)19(25)9-6-17-4-7-18(27-2)8-5-17/h4-5,7-8,16,20,22H,3,6,9-15H2,1-2H3/t16-,20+/m1/s1. The van der Waals surface area contributed by atoms with Crippen LogP contribution in [0.5, 0.6) is 5.75 Å². The molecule has 2 atom stereocenters. The zero-order valence-electron chi connectivity index (χ0n) is 16.9. The number of methoxy groups -OCH3 is 1. The van der Waals surface area contributed by atoms with Gasteiger partial charge in [0, 0.05) is 39.1 Å². The highest BCUT2D eigenvalue weighted by Crippen LogP contribution is 2.15. The maximum Gasteiger partial charge on any atom is 0.242 e. The van der Waals surface area contributed by atoms with Crippen molar-refractivity contribution >= 4 is 11.8 Å². The van der Waals surface area contributed by atoms with Crippen LogP contribution in [0.15, 0.2) is 24.3 Å². The van der Waals surface area contributed by atoms with Crippen molar-refractivity contribution in [3.8, 4) is 5.75 Å². The second-order valence-electron chi connectivity index (χ2n) is 7.42. The molecule has 0 spiro atoms. The van der Waals surface area contributed by atoms with E-state index in [2.05, 4.69) is 5.32 Å². The minimum atomic E-state index is -0.286. The van der Waals surface area contributed by atoms with E-state index < -0.39 is 0 Å². The number of carbonyl (C=O) groups excluding carboxylic acids is 2. The highest BCUT2D eigenvalue weighted by atomic mass is 16.5. The number of nitrogens with one attached hydrogen (secondary N) is 1. The highest BCUT2D eigenvalue weighted by molar-refractivity contribution is 5.83. The van der Waals surface area contributed by atoms with Crippen LogP contribution < -0.4 is 10.1 Å². The van der Waals surface area contributed by atoms with E-state index in [9.17, 15) is 9.59 Å². The zero-order chi connectivity index (χ0) is 19.9. The van der Waals surface area contributed by atoms with E-state index in [1.165, 1.54) is 0 Å². The van der Waals surface area contributed by atoms with Crippen LogP contribution in [0.2, 0.25) is 0 Å². The van der Waals surface area contributed by atoms with Crippen LogP contribution in [-0.2, 0) is 20.7 Å². The zero-order valence-corrected chi connectivity index (χ0v) is 16.9. The van der Waals surface area contributed by atoms with Gasteiger partial charge in [-0.2, -0.15) is 0 Å². The molecule has 2 heterocycles. The normalized spacial score (nSPS) is 23.2. The molecule has 2 amide bonds. The molecule has 0 saturated carbocycles. The fraction of sp³-hybridized carbons (Fsp3) is 0.619. The minimum absolute atomic E-state index is 0.0831. The summed E-state index contributed by atoms with van der Waals surface area (Å²) < 4.78 is 10.8. The van der Waals surface area contributed by atoms with Gasteiger partial charge in [0.05, 0.1) is 19.8 Å². The lowest BCUT2D eigenvalue weighted by Gasteiger charge is -2.33. The number of hydrogen-bond donors (Lipinski definition) is 1. The maximum absolute atomic E-state index is 12.8. The Bertz CT molecular complexity index is 664. The van der Waals surface area contributed by atoms with Crippen molar-refractivity contribution in [2.75, 3.05) is 46.4 Å². The first-order chi connectivity index (χ1) is 13.6. The van der Waals surface area contributed by atoms with Gasteiger partial charge in [-0.25, -0.2) is 0 Å². The summed E-state index contributed by atoms with van der Waals surface area (Å²) in [6.07, 6.45) is 1.88. The lowest BCUT2D eigenvalue weighted by molar-refractivity contribution is -0.140. The van der Waals surface area contributed by atoms with Gasteiger partial charge in [-0.1, -0.05) is 12.1 Å². The first-order valence-corrected chi connectivity index (χ1v) is 10.1. The molecule has 0 unspecified atom stereocenters. The largest absolute Gasteiger partial charge is 0.497 e. The molecule has 0 bridgehead atoms. The third kappa shape index (κ3) is 5.23. The van der Waals surface area contributed by atoms with E-state index in [0.29, 0.717) is 52.2 Å². The summed E-state index contributed by atoms with van der Waals surface area (Å²) in [6, 6.07) is 7.54. The van der Waals surface area contributed by atoms with Crippen LogP contribution in [0, 0.1) is 0 Å². The van der Waals surface area contributed by atoms with Crippen LogP contribution in [0.25, 0.3) is 0 Å². The summed E-state index contributed by atoms with van der Waals surface area (Å²) >= 11 is 0. The molecule has 1 aromatic rings. The van der Waals surface area contributed by atoms with Crippen LogP contribution in [0.3, 0.4) is 0 Å². The van der Waals surface area contributed by atoms with Crippen molar-refractivity contribution in [2.24, 2.45) is 0 Å². The van der Waals surface area contributed by atoms with E-state index in [0.717, 1.165) is 17.7 Å². The summed E-state index contributed by atoms with van der Waals surface area (Å²) in [4.78, 5) is 29.2. The second kappa shape index (κ2) is 9.89. The molecule has 0 radical (unpaired) electrons. The monoisotopic (exact) mass is 389 g/mol. The Hall–Kier alpha value is -2.12. The van der Waals surface area contributed by atoms with E-state index in [1.807, 2.05) is 41.0 Å². The Morgan fingerprint density at radius 3 is 2.57 bits per heavy atom. The lowest BCUT2D eigenvalue weighted by atomic mass is 10.1. The fourth-order valence-corrected chi connectivity index (χ4v) is 3.80. The predicted octanol–water partition coefficient (Wildman–Crippen LogP) is 1.07. The van der Waals surface area contributed by atoms with E-state index in [1.54, 1.807) is 7.11 Å². The molecular formula is C21H31N3O4. The number of benzene rings is 1. The van der Waals surface area contributed by atoms with Gasteiger partial charge in [0.25, 0.3) is 0 Å². The Labute approximate surface area is 167 Å². The number of carbonyl (C=O) groups is 2. The first kappa shape index (κ1) is 20.6. The average Bonchev–Trinajstić information content (AvgIpc) is 2.98. The third-order valence-corrected chi connectivity index (χ3v) is 5.53. The second-order valence-corrected chi connectivity index (χ2v) is 7.42. The summed E-state index contributed by atoms with van der Waals surface area (Å²) in [5.74, 6) is 1.05. The number of ether oxygens (including phenoxy) is 2. The Kier molecular flexibility index (Phi) is 7.28. The molecule has 28 heavy (non-hydrogen) atoms. The third-order valence-electron chi connectivity index (χ3n) is 5.53. The molecule has 154 valence electrons. The van der Waals surface area contributed by atoms with Gasteiger partial charge < -0.3 is 24.6 Å². The fourth-order valence-electron chi connectivity index (χ4n) is 3.80. The quantitative estimate of drug-likeness (QED) is 0.816. The molecule has 2 fully saturated rings. The van der Waals surface area contributed by atoms with Crippen molar-refractivity contribution in [1.82, 2.24) is 15.1 Å². The number of aryl methyl sites for hydroxylation is 1. The molecule has 2 aliphatic rings. The van der Waals surface area contributed by atoms with Crippen molar-refractivity contribution in [3.05, 3.63) is 29.8 Å². The smallest absolute Gasteiger partial charge is 0.242 e. The number of amides is 2. The average molecular weight is 389 g/mol. The summed E-state index contributed by atoms with van der Waals surface area (Å²) in [5.41, 5.74) is 1.12. The molecule has 7 nitrogen and oxygen atoms in total. The molecule has 0 aromatic heterocycles. The van der Waals surface area contributed by atoms with Crippen molar-refractivity contribution in [1.29, 1.82) is 0 Å². The summed E-state index contributed by atoms with van der Waals surface area (Å²) in [7, 11) is 1.64. The van der Waals surface area contributed by atoms with Crippen molar-refractivity contribution in [2.45, 2.75) is 38.3 Å². The van der Waals surface area contributed by atoms with Gasteiger partial charge in [0.2, 0.25) is 11.8 Å². The maximum atomic E-state index is 12.8. The van der Waals surface area contributed by atoms with Gasteiger partial charge in [0.15, 0.2) is 0 Å². The van der Waals surface area contributed by atoms with Crippen LogP contribution in [0.1, 0.15) is 25.3 Å². The Morgan fingerprint density at radius 2 is 1.86 bits per heavy atom. The minimum Gasteiger partial charge on any atom is -0.497 e. The molecular weight excluding hydrogens is 358 g/mol. The van der Waals surface area contributed by atoms with Gasteiger partial charge >= 0.3 is 0 Å². The molecule has 1 N–H and O–H groups in total. The lowest BCUT2D eigenvalue weighted by Crippen LogP contribution is -2.56. The molecule has 2 saturated heterocycles. The number of morpholine rings is 1. The predicted molar refractivity (Wildman–Crippen MR) is 106 cm³/mol. The van der Waals surface area contributed by atoms with Crippen LogP contribution in [-0.4, -0.2) is 80.2 Å². The Balaban J connectivity index is 1.48. The van der Waals surface area contributed by atoms with Crippen molar-refractivity contribution in [3.63, 3.8) is 0 Å². The number of rotatable bonds is 5. The molecule has 0 aliphatic carbocycles. The molecule has 1 aromatic carbocycles. The molecule has 7 heteroatoms. The Morgan fingerprint density at radius 1 is 1.14 bits per heavy atom. The number of hydrogen-bond acceptors (Lipinski definition) is 5. The van der Waals surface area contributed by atoms with Gasteiger partial charge in [0.1, 0.15) is 11.8 Å². The molecule has 3 rings (SSSR count). The first-order valence-electron chi connectivity index (χ1n) is 10.1. The van der Waals surface area contributed by atoms with E-state index >= 15 is 0 Å². The SMILES string of the molecule is COc1ccc(CCC(=O)N2CCCN(C(=O)[C@H]3NCCO[C@@H]3C)CC2)cc1. The summed E-state index contributed by atoms with van der Waals surface area (Å²) in [5, 5.41) is 3.26. The number of nitrogens with zero attached hydrogens (tertiary/aromatic N) is 2. The van der Waals surface area contributed by atoms with E-state index in [-0.39, 0.29) is 24.0 Å². The molecule has 2 aliphatic heterocycles. The van der Waals surface area contributed by atoms with Gasteiger partial charge in [-0.05, 0) is 37.5 Å².